The summed E-state index contributed by atoms with van der Waals surface area (Å²) in [5.74, 6) is 0.609. The molecule has 0 aliphatic carbocycles. The van der Waals surface area contributed by atoms with Gasteiger partial charge in [0.15, 0.2) is 0 Å². The van der Waals surface area contributed by atoms with E-state index in [0.29, 0.717) is 5.88 Å². The minimum atomic E-state index is 0.609. The number of rotatable bonds is 3. The number of allylic oxidation sites excluding steroid dienone is 1. The van der Waals surface area contributed by atoms with Crippen LogP contribution in [0.15, 0.2) is 34.3 Å². The van der Waals surface area contributed by atoms with Crippen LogP contribution >= 0.6 is 27.5 Å². The van der Waals surface area contributed by atoms with Gasteiger partial charge in [-0.3, -0.25) is 0 Å². The summed E-state index contributed by atoms with van der Waals surface area (Å²) in [5, 5.41) is 0. The van der Waals surface area contributed by atoms with Gasteiger partial charge in [0, 0.05) is 10.4 Å². The van der Waals surface area contributed by atoms with Crippen LogP contribution in [0.3, 0.4) is 0 Å². The summed E-state index contributed by atoms with van der Waals surface area (Å²) in [4.78, 5) is 0. The molecule has 0 atom stereocenters. The molecule has 0 fully saturated rings. The highest BCUT2D eigenvalue weighted by Gasteiger charge is 1.96. The molecule has 1 aromatic rings. The van der Waals surface area contributed by atoms with E-state index in [4.69, 9.17) is 11.6 Å². The molecule has 0 aliphatic heterocycles. The zero-order valence-electron chi connectivity index (χ0n) is 7.56. The molecule has 1 aromatic carbocycles. The number of hydrogen-bond acceptors (Lipinski definition) is 0. The van der Waals surface area contributed by atoms with E-state index in [1.165, 1.54) is 11.1 Å². The minimum absolute atomic E-state index is 0.609. The Morgan fingerprint density at radius 3 is 2.69 bits per heavy atom. The molecule has 0 spiro atoms. The highest BCUT2D eigenvalue weighted by atomic mass is 79.9. The maximum atomic E-state index is 5.79. The van der Waals surface area contributed by atoms with Crippen molar-refractivity contribution in [3.8, 4) is 0 Å². The van der Waals surface area contributed by atoms with Crippen molar-refractivity contribution in [1.82, 2.24) is 0 Å². The van der Waals surface area contributed by atoms with E-state index < -0.39 is 0 Å². The largest absolute Gasteiger partial charge is 0.122 e. The Morgan fingerprint density at radius 1 is 1.46 bits per heavy atom. The predicted octanol–water partition coefficient (Wildman–Crippen LogP) is 4.48. The van der Waals surface area contributed by atoms with Crippen molar-refractivity contribution in [1.29, 1.82) is 0 Å². The van der Waals surface area contributed by atoms with Crippen LogP contribution in [0.2, 0.25) is 0 Å². The number of halogens is 2. The Bertz CT molecular complexity index is 299. The van der Waals surface area contributed by atoms with Crippen LogP contribution in [-0.2, 0) is 0 Å². The molecular weight excluding hydrogens is 247 g/mol. The van der Waals surface area contributed by atoms with Gasteiger partial charge in [-0.05, 0) is 18.1 Å². The van der Waals surface area contributed by atoms with Crippen molar-refractivity contribution in [2.24, 2.45) is 0 Å². The van der Waals surface area contributed by atoms with E-state index >= 15 is 0 Å². The second kappa shape index (κ2) is 5.46. The summed E-state index contributed by atoms with van der Waals surface area (Å²) in [6, 6.07) is 8.14. The van der Waals surface area contributed by atoms with Crippen LogP contribution in [-0.4, -0.2) is 5.88 Å². The molecule has 0 unspecified atom stereocenters. The molecule has 0 heterocycles. The van der Waals surface area contributed by atoms with E-state index in [9.17, 15) is 0 Å². The van der Waals surface area contributed by atoms with E-state index in [1.807, 2.05) is 18.2 Å². The van der Waals surface area contributed by atoms with Crippen LogP contribution in [0.25, 0.3) is 6.08 Å². The SMILES string of the molecule is CC/C(=C/c1ccccc1Br)CCl. The fourth-order valence-electron chi connectivity index (χ4n) is 1.05. The molecule has 70 valence electrons. The van der Waals surface area contributed by atoms with Crippen molar-refractivity contribution in [2.45, 2.75) is 13.3 Å². The monoisotopic (exact) mass is 258 g/mol. The molecule has 0 radical (unpaired) electrons. The van der Waals surface area contributed by atoms with Gasteiger partial charge in [-0.1, -0.05) is 52.7 Å². The Morgan fingerprint density at radius 2 is 2.15 bits per heavy atom. The zero-order chi connectivity index (χ0) is 9.68. The molecule has 13 heavy (non-hydrogen) atoms. The maximum absolute atomic E-state index is 5.79. The topological polar surface area (TPSA) is 0 Å². The first-order valence-electron chi connectivity index (χ1n) is 4.28. The van der Waals surface area contributed by atoms with E-state index in [-0.39, 0.29) is 0 Å². The van der Waals surface area contributed by atoms with Gasteiger partial charge in [0.05, 0.1) is 0 Å². The van der Waals surface area contributed by atoms with Gasteiger partial charge in [-0.2, -0.15) is 0 Å². The third-order valence-corrected chi connectivity index (χ3v) is 2.96. The lowest BCUT2D eigenvalue weighted by Gasteiger charge is -2.01. The molecule has 0 saturated carbocycles. The van der Waals surface area contributed by atoms with E-state index in [0.717, 1.165) is 10.9 Å². The lowest BCUT2D eigenvalue weighted by atomic mass is 10.1. The predicted molar refractivity (Wildman–Crippen MR) is 63.1 cm³/mol. The zero-order valence-corrected chi connectivity index (χ0v) is 9.90. The summed E-state index contributed by atoms with van der Waals surface area (Å²) in [5.41, 5.74) is 2.45. The third kappa shape index (κ3) is 3.17. The van der Waals surface area contributed by atoms with Crippen LogP contribution < -0.4 is 0 Å². The van der Waals surface area contributed by atoms with Gasteiger partial charge in [0.2, 0.25) is 0 Å². The normalized spacial score (nSPS) is 11.8. The average Bonchev–Trinajstić information content (AvgIpc) is 2.17. The van der Waals surface area contributed by atoms with Crippen LogP contribution in [0.5, 0.6) is 0 Å². The van der Waals surface area contributed by atoms with Gasteiger partial charge in [0.25, 0.3) is 0 Å². The first-order chi connectivity index (χ1) is 6.27. The van der Waals surface area contributed by atoms with Gasteiger partial charge >= 0.3 is 0 Å². The van der Waals surface area contributed by atoms with Gasteiger partial charge < -0.3 is 0 Å². The molecule has 0 N–H and O–H groups in total. The Kier molecular flexibility index (Phi) is 4.54. The lowest BCUT2D eigenvalue weighted by Crippen LogP contribution is -1.83. The summed E-state index contributed by atoms with van der Waals surface area (Å²) >= 11 is 9.28. The highest BCUT2D eigenvalue weighted by Crippen LogP contribution is 2.20. The fraction of sp³-hybridized carbons (Fsp3) is 0.273. The van der Waals surface area contributed by atoms with E-state index in [1.54, 1.807) is 0 Å². The quantitative estimate of drug-likeness (QED) is 0.702. The molecular formula is C11H12BrCl. The lowest BCUT2D eigenvalue weighted by molar-refractivity contribution is 1.12. The van der Waals surface area contributed by atoms with E-state index in [2.05, 4.69) is 35.0 Å². The molecule has 0 aliphatic rings. The third-order valence-electron chi connectivity index (χ3n) is 1.89. The standard InChI is InChI=1S/C11H12BrCl/c1-2-9(8-13)7-10-5-3-4-6-11(10)12/h3-7H,2,8H2,1H3/b9-7-. The first kappa shape index (κ1) is 10.8. The van der Waals surface area contributed by atoms with Crippen LogP contribution in [0.1, 0.15) is 18.9 Å². The van der Waals surface area contributed by atoms with Crippen molar-refractivity contribution < 1.29 is 0 Å². The molecule has 0 saturated heterocycles. The second-order valence-corrected chi connectivity index (χ2v) is 3.93. The fourth-order valence-corrected chi connectivity index (χ4v) is 1.71. The van der Waals surface area contributed by atoms with Crippen molar-refractivity contribution >= 4 is 33.6 Å². The summed E-state index contributed by atoms with van der Waals surface area (Å²) in [6.07, 6.45) is 3.14. The molecule has 1 rings (SSSR count). The van der Waals surface area contributed by atoms with Gasteiger partial charge in [-0.15, -0.1) is 11.6 Å². The Hall–Kier alpha value is -0.270. The molecule has 0 amide bonds. The van der Waals surface area contributed by atoms with Crippen LogP contribution in [0, 0.1) is 0 Å². The van der Waals surface area contributed by atoms with Gasteiger partial charge in [0.1, 0.15) is 0 Å². The average molecular weight is 260 g/mol. The maximum Gasteiger partial charge on any atom is 0.0436 e. The molecule has 0 nitrogen and oxygen atoms in total. The summed E-state index contributed by atoms with van der Waals surface area (Å²) < 4.78 is 1.12. The van der Waals surface area contributed by atoms with Crippen molar-refractivity contribution in [3.05, 3.63) is 39.9 Å². The smallest absolute Gasteiger partial charge is 0.0436 e. The van der Waals surface area contributed by atoms with Crippen LogP contribution in [0.4, 0.5) is 0 Å². The minimum Gasteiger partial charge on any atom is -0.122 e. The molecule has 0 bridgehead atoms. The Labute approximate surface area is 92.7 Å². The number of benzene rings is 1. The summed E-state index contributed by atoms with van der Waals surface area (Å²) in [7, 11) is 0. The van der Waals surface area contributed by atoms with Gasteiger partial charge in [-0.25, -0.2) is 0 Å². The van der Waals surface area contributed by atoms with Crippen molar-refractivity contribution in [2.75, 3.05) is 5.88 Å². The molecule has 0 aromatic heterocycles. The summed E-state index contributed by atoms with van der Waals surface area (Å²) in [6.45, 7) is 2.12. The van der Waals surface area contributed by atoms with Crippen molar-refractivity contribution in [3.63, 3.8) is 0 Å². The first-order valence-corrected chi connectivity index (χ1v) is 5.60. The highest BCUT2D eigenvalue weighted by molar-refractivity contribution is 9.10. The number of alkyl halides is 1. The second-order valence-electron chi connectivity index (χ2n) is 2.81. The Balaban J connectivity index is 2.95. The molecule has 2 heteroatoms. The number of hydrogen-bond donors (Lipinski definition) is 0.